The van der Waals surface area contributed by atoms with Crippen molar-refractivity contribution in [2.24, 2.45) is 11.8 Å². The summed E-state index contributed by atoms with van der Waals surface area (Å²) in [6.07, 6.45) is 13.3. The van der Waals surface area contributed by atoms with Crippen molar-refractivity contribution in [3.63, 3.8) is 0 Å². The molecule has 286 valence electrons. The third-order valence-corrected chi connectivity index (χ3v) is 13.3. The number of nitrogens with one attached hydrogen (secondary N) is 3. The van der Waals surface area contributed by atoms with E-state index >= 15 is 0 Å². The van der Waals surface area contributed by atoms with Crippen molar-refractivity contribution in [2.45, 2.75) is 125 Å². The van der Waals surface area contributed by atoms with Crippen molar-refractivity contribution < 1.29 is 41.9 Å². The Balaban J connectivity index is 1.13. The summed E-state index contributed by atoms with van der Waals surface area (Å²) in [5.41, 5.74) is -0.298. The summed E-state index contributed by atoms with van der Waals surface area (Å²) in [4.78, 5) is 80.3. The molecule has 1 aromatic rings. The number of sulfonamides is 1. The second kappa shape index (κ2) is 15.1. The summed E-state index contributed by atoms with van der Waals surface area (Å²) in [7, 11) is -3.96. The van der Waals surface area contributed by atoms with Crippen LogP contribution in [-0.4, -0.2) is 99.7 Å². The molecule has 17 heteroatoms. The van der Waals surface area contributed by atoms with Gasteiger partial charge in [0, 0.05) is 24.1 Å². The van der Waals surface area contributed by atoms with Gasteiger partial charge in [0.2, 0.25) is 21.8 Å². The molecule has 0 spiro atoms. The number of hydrogen-bond acceptors (Lipinski definition) is 11. The number of aromatic nitrogens is 2. The van der Waals surface area contributed by atoms with Crippen LogP contribution < -0.4 is 15.4 Å². The van der Waals surface area contributed by atoms with Gasteiger partial charge in [0.1, 0.15) is 36.2 Å². The number of carbonyl (C=O) groups excluding carboxylic acids is 5. The zero-order chi connectivity index (χ0) is 37.3. The van der Waals surface area contributed by atoms with E-state index in [4.69, 9.17) is 9.47 Å². The molecule has 4 fully saturated rings. The lowest BCUT2D eigenvalue weighted by molar-refractivity contribution is -0.143. The zero-order valence-electron chi connectivity index (χ0n) is 29.6. The molecule has 2 aliphatic heterocycles. The van der Waals surface area contributed by atoms with E-state index in [1.54, 1.807) is 12.3 Å². The zero-order valence-corrected chi connectivity index (χ0v) is 30.4. The molecule has 5 atom stereocenters. The topological polar surface area (TPSA) is 206 Å². The van der Waals surface area contributed by atoms with Gasteiger partial charge in [-0.25, -0.2) is 28.0 Å². The van der Waals surface area contributed by atoms with Crippen molar-refractivity contribution in [2.75, 3.05) is 6.54 Å². The Hall–Kier alpha value is -4.54. The van der Waals surface area contributed by atoms with Crippen LogP contribution in [0.15, 0.2) is 37.3 Å². The smallest absolute Gasteiger partial charge is 0.410 e. The lowest BCUT2D eigenvalue weighted by Gasteiger charge is -2.42. The predicted octanol–water partition coefficient (Wildman–Crippen LogP) is 2.35. The molecule has 0 aromatic carbocycles. The summed E-state index contributed by atoms with van der Waals surface area (Å²) in [5.74, 6) is -3.15. The van der Waals surface area contributed by atoms with Crippen LogP contribution in [-0.2, 0) is 47.0 Å². The van der Waals surface area contributed by atoms with E-state index in [0.717, 1.165) is 50.5 Å². The summed E-state index contributed by atoms with van der Waals surface area (Å²) in [6.45, 7) is 4.07. The Morgan fingerprint density at radius 1 is 0.962 bits per heavy atom. The molecule has 6 aliphatic rings. The molecule has 4 aliphatic carbocycles. The lowest BCUT2D eigenvalue weighted by atomic mass is 9.73. The molecule has 16 nitrogen and oxygen atoms in total. The van der Waals surface area contributed by atoms with E-state index in [0.29, 0.717) is 31.4 Å². The van der Waals surface area contributed by atoms with Gasteiger partial charge in [0.25, 0.3) is 5.91 Å². The number of alkyl carbamates (subject to hydrolysis) is 1. The van der Waals surface area contributed by atoms with Gasteiger partial charge in [-0.3, -0.25) is 24.0 Å². The largest absolute Gasteiger partial charge is 0.446 e. The van der Waals surface area contributed by atoms with E-state index < -0.39 is 74.8 Å². The average Bonchev–Trinajstić information content (AvgIpc) is 3.50. The van der Waals surface area contributed by atoms with E-state index in [1.165, 1.54) is 28.3 Å². The average molecular weight is 754 g/mol. The normalized spacial score (nSPS) is 27.7. The maximum atomic E-state index is 14.7. The first-order valence-corrected chi connectivity index (χ1v) is 20.2. The van der Waals surface area contributed by atoms with Gasteiger partial charge in [0.05, 0.1) is 30.6 Å². The summed E-state index contributed by atoms with van der Waals surface area (Å²) >= 11 is 0. The van der Waals surface area contributed by atoms with E-state index in [1.807, 2.05) is 0 Å². The molecular weight excluding hydrogens is 707 g/mol. The van der Waals surface area contributed by atoms with Crippen LogP contribution in [0.5, 0.6) is 0 Å². The number of fused-ring (bicyclic) bond motifs is 1. The van der Waals surface area contributed by atoms with Crippen molar-refractivity contribution in [1.29, 1.82) is 0 Å². The van der Waals surface area contributed by atoms with Crippen molar-refractivity contribution in [3.05, 3.63) is 48.6 Å². The second-order valence-corrected chi connectivity index (χ2v) is 17.0. The van der Waals surface area contributed by atoms with Gasteiger partial charge in [-0.1, -0.05) is 37.5 Å². The molecule has 1 aromatic heterocycles. The van der Waals surface area contributed by atoms with Crippen molar-refractivity contribution in [1.82, 2.24) is 35.1 Å². The highest BCUT2D eigenvalue weighted by Gasteiger charge is 2.53. The molecule has 3 saturated carbocycles. The Labute approximate surface area is 308 Å². The standard InChI is InChI=1S/C36H47N7O9S/c1-2-24-14-15-36(24,33(46)41-53(49,50)27-12-13-27)40-31(44)29-16-26(52-35(48)42-18-23-17-37-21-38-28(23)20-42)19-43(29)32(45)30(22-8-4-3-5-9-22)39-34(47)51-25-10-6-7-11-25/h2,14-15,17,21-22,24-27,29-30H,1,3-13,16,18-20H2,(H,39,47)(H,40,44)(H,41,46)/t24-,26-,29+,30+,36-/m1/s1. The highest BCUT2D eigenvalue weighted by molar-refractivity contribution is 7.91. The number of amides is 5. The molecule has 3 heterocycles. The number of carbonyl (C=O) groups is 5. The van der Waals surface area contributed by atoms with Gasteiger partial charge < -0.3 is 25.0 Å². The first kappa shape index (κ1) is 36.8. The fraction of sp³-hybridized carbons (Fsp3) is 0.639. The van der Waals surface area contributed by atoms with Crippen LogP contribution in [0.3, 0.4) is 0 Å². The Morgan fingerprint density at radius 3 is 2.36 bits per heavy atom. The van der Waals surface area contributed by atoms with Crippen LogP contribution in [0.2, 0.25) is 0 Å². The SMILES string of the molecule is C=C[C@@H]1C=C[C@]1(NC(=O)[C@@H]1C[C@@H](OC(=O)N2Cc3cncnc3C2)CN1C(=O)[C@@H](NC(=O)OC1CCCC1)C1CCCCC1)C(=O)NS(=O)(=O)C1CC1. The molecule has 0 bridgehead atoms. The molecule has 5 amide bonds. The second-order valence-electron chi connectivity index (χ2n) is 15.1. The molecule has 0 unspecified atom stereocenters. The van der Waals surface area contributed by atoms with Crippen LogP contribution in [0.4, 0.5) is 9.59 Å². The Bertz CT molecular complexity index is 1750. The van der Waals surface area contributed by atoms with Gasteiger partial charge >= 0.3 is 12.2 Å². The summed E-state index contributed by atoms with van der Waals surface area (Å²) in [6, 6.07) is -2.24. The Kier molecular flexibility index (Phi) is 10.5. The molecular formula is C36H47N7O9S. The minimum absolute atomic E-state index is 0.103. The van der Waals surface area contributed by atoms with Crippen molar-refractivity contribution >= 4 is 39.9 Å². The third kappa shape index (κ3) is 7.76. The number of likely N-dealkylation sites (tertiary alicyclic amines) is 1. The molecule has 53 heavy (non-hydrogen) atoms. The van der Waals surface area contributed by atoms with E-state index in [-0.39, 0.29) is 38.1 Å². The number of rotatable bonds is 11. The molecule has 0 radical (unpaired) electrons. The molecule has 1 saturated heterocycles. The number of nitrogens with zero attached hydrogens (tertiary/aromatic N) is 4. The fourth-order valence-electron chi connectivity index (χ4n) is 8.20. The first-order valence-electron chi connectivity index (χ1n) is 18.7. The molecule has 7 rings (SSSR count). The summed E-state index contributed by atoms with van der Waals surface area (Å²) < 4.78 is 39.3. The number of hydrogen-bond donors (Lipinski definition) is 3. The quantitative estimate of drug-likeness (QED) is 0.280. The van der Waals surface area contributed by atoms with Crippen LogP contribution in [0.1, 0.15) is 88.3 Å². The Morgan fingerprint density at radius 2 is 1.70 bits per heavy atom. The van der Waals surface area contributed by atoms with Crippen LogP contribution in [0, 0.1) is 11.8 Å². The number of ether oxygens (including phenoxy) is 2. The van der Waals surface area contributed by atoms with Crippen LogP contribution in [0.25, 0.3) is 0 Å². The maximum Gasteiger partial charge on any atom is 0.410 e. The van der Waals surface area contributed by atoms with Crippen molar-refractivity contribution in [3.8, 4) is 0 Å². The van der Waals surface area contributed by atoms with Gasteiger partial charge in [-0.2, -0.15) is 0 Å². The van der Waals surface area contributed by atoms with Gasteiger partial charge in [-0.15, -0.1) is 6.58 Å². The van der Waals surface area contributed by atoms with E-state index in [9.17, 15) is 32.4 Å². The molecule has 3 N–H and O–H groups in total. The first-order chi connectivity index (χ1) is 25.5. The maximum absolute atomic E-state index is 14.7. The fourth-order valence-corrected chi connectivity index (χ4v) is 9.55. The van der Waals surface area contributed by atoms with Crippen LogP contribution >= 0.6 is 0 Å². The highest BCUT2D eigenvalue weighted by atomic mass is 32.2. The van der Waals surface area contributed by atoms with E-state index in [2.05, 4.69) is 31.9 Å². The monoisotopic (exact) mass is 753 g/mol. The predicted molar refractivity (Wildman–Crippen MR) is 188 cm³/mol. The lowest BCUT2D eigenvalue weighted by Crippen LogP contribution is -2.67. The third-order valence-electron chi connectivity index (χ3n) is 11.4. The minimum Gasteiger partial charge on any atom is -0.446 e. The van der Waals surface area contributed by atoms with Gasteiger partial charge in [-0.05, 0) is 57.3 Å². The highest BCUT2D eigenvalue weighted by Crippen LogP contribution is 2.36. The van der Waals surface area contributed by atoms with Gasteiger partial charge in [0.15, 0.2) is 0 Å². The summed E-state index contributed by atoms with van der Waals surface area (Å²) in [5, 5.41) is 4.90. The minimum atomic E-state index is -3.96.